The number of benzene rings is 6. The number of likely N-dealkylation sites (tertiary alicyclic amines) is 1. The Hall–Kier alpha value is -8.10. The van der Waals surface area contributed by atoms with Crippen molar-refractivity contribution in [2.24, 2.45) is 15.3 Å². The SMILES string of the molecule is C.CC(=O)N1N=C(c2cc(F)ccc2F)C[C@@]1(CC[C@H](C)F)c1ccccc1.CC(=O)N1N=C(c2cc(F)ccc2F)C[C@H]1c1cccc(C)c1.CN1CCC(N(C)C(=O)N2N=C(c3cc(F)ccc3F)C[C@@]2(CO)c2ccccc2)[C@@H](F)C1. The van der Waals surface area contributed by atoms with Crippen LogP contribution in [0.4, 0.5) is 39.9 Å². The number of urea groups is 1. The Bertz CT molecular complexity index is 3430. The van der Waals surface area contributed by atoms with E-state index in [1.807, 2.05) is 73.5 Å². The minimum atomic E-state index is -1.34. The fourth-order valence-corrected chi connectivity index (χ4v) is 11.1. The van der Waals surface area contributed by atoms with Gasteiger partial charge in [-0.15, -0.1) is 0 Å². The second kappa shape index (κ2) is 27.1. The average Bonchev–Trinajstić information content (AvgIpc) is 1.94. The molecule has 4 heterocycles. The van der Waals surface area contributed by atoms with Gasteiger partial charge in [-0.05, 0) is 111 Å². The highest BCUT2D eigenvalue weighted by Crippen LogP contribution is 2.45. The standard InChI is InChI=1S/C24H27F3N4O2.C21H21F3N2O.C18H16F2N2O.CH4/c1-29-11-10-22(20(27)14-29)30(2)23(33)31-24(15-32,16-6-4-3-5-7-16)13-21(28-31)18-12-17(25)8-9-19(18)26;1-14(22)10-11-21(16-6-4-3-5-7-16)13-20(25-26(21)15(2)27)18-12-17(23)8-9-19(18)24;1-11-4-3-5-13(8-11)18-10-17(21-22(18)12(2)23)15-9-14(19)6-7-16(15)20;/h3-9,12,20,22,32H,10-11,13-15H2,1-2H3;3-9,12,14H,10-11,13H2,1-2H3;3-9,18H,10H2,1-2H3;1H4/t20-,22?,24+;14-,21-;18-;/m000./s1. The van der Waals surface area contributed by atoms with Crippen molar-refractivity contribution in [1.82, 2.24) is 24.8 Å². The molecule has 0 bridgehead atoms. The topological polar surface area (TPSA) is 125 Å². The summed E-state index contributed by atoms with van der Waals surface area (Å²) in [6, 6.07) is 33.6. The molecule has 1 saturated heterocycles. The summed E-state index contributed by atoms with van der Waals surface area (Å²) in [6.07, 6.45) is -0.822. The van der Waals surface area contributed by atoms with Crippen LogP contribution in [0, 0.1) is 41.8 Å². The predicted octanol–water partition coefficient (Wildman–Crippen LogP) is 12.9. The zero-order valence-corrected chi connectivity index (χ0v) is 46.7. The van der Waals surface area contributed by atoms with Gasteiger partial charge in [-0.3, -0.25) is 9.59 Å². The quantitative estimate of drug-likeness (QED) is 0.129. The van der Waals surface area contributed by atoms with E-state index in [0.717, 1.165) is 76.3 Å². The van der Waals surface area contributed by atoms with E-state index in [1.54, 1.807) is 30.3 Å². The summed E-state index contributed by atoms with van der Waals surface area (Å²) in [5, 5.41) is 27.2. The fraction of sp³-hybridized carbons (Fsp3) is 0.344. The van der Waals surface area contributed by atoms with E-state index in [4.69, 9.17) is 0 Å². The van der Waals surface area contributed by atoms with E-state index in [1.165, 1.54) is 42.7 Å². The van der Waals surface area contributed by atoms with Gasteiger partial charge in [0, 0.05) is 69.9 Å². The molecule has 10 rings (SSSR count). The molecule has 1 fully saturated rings. The van der Waals surface area contributed by atoms with E-state index in [2.05, 4.69) is 15.3 Å². The number of amides is 4. The number of halogens is 8. The third kappa shape index (κ3) is 13.8. The van der Waals surface area contributed by atoms with Crippen molar-refractivity contribution >= 4 is 35.0 Å². The largest absolute Gasteiger partial charge is 0.393 e. The minimum absolute atomic E-state index is 0. The number of carbonyl (C=O) groups excluding carboxylic acids is 3. The van der Waals surface area contributed by atoms with Crippen LogP contribution >= 0.6 is 0 Å². The molecule has 0 spiro atoms. The molecule has 4 aliphatic rings. The smallest absolute Gasteiger partial charge is 0.341 e. The maximum Gasteiger partial charge on any atom is 0.341 e. The van der Waals surface area contributed by atoms with Crippen LogP contribution < -0.4 is 0 Å². The van der Waals surface area contributed by atoms with Crippen molar-refractivity contribution < 1.29 is 54.6 Å². The number of alkyl halides is 2. The molecular formula is C64H68F8N8O4. The molecule has 20 heteroatoms. The van der Waals surface area contributed by atoms with Crippen LogP contribution in [0.15, 0.2) is 155 Å². The first-order chi connectivity index (χ1) is 39.5. The molecule has 6 aromatic carbocycles. The van der Waals surface area contributed by atoms with Crippen molar-refractivity contribution in [3.63, 3.8) is 0 Å². The van der Waals surface area contributed by atoms with Gasteiger partial charge in [0.05, 0.1) is 47.5 Å². The highest BCUT2D eigenvalue weighted by molar-refractivity contribution is 6.05. The Kier molecular flexibility index (Phi) is 20.5. The second-order valence-corrected chi connectivity index (χ2v) is 21.3. The summed E-state index contributed by atoms with van der Waals surface area (Å²) in [5.74, 6) is -4.16. The van der Waals surface area contributed by atoms with Crippen molar-refractivity contribution in [2.75, 3.05) is 33.8 Å². The number of nitrogens with zero attached hydrogens (tertiary/aromatic N) is 8. The van der Waals surface area contributed by atoms with Gasteiger partial charge in [-0.2, -0.15) is 15.3 Å². The van der Waals surface area contributed by atoms with Gasteiger partial charge in [0.2, 0.25) is 11.8 Å². The molecule has 1 N–H and O–H groups in total. The molecule has 12 nitrogen and oxygen atoms in total. The molecule has 0 radical (unpaired) electrons. The monoisotopic (exact) mass is 1160 g/mol. The van der Waals surface area contributed by atoms with Crippen LogP contribution in [-0.4, -0.2) is 117 Å². The summed E-state index contributed by atoms with van der Waals surface area (Å²) < 4.78 is 112. The molecule has 4 aliphatic heterocycles. The van der Waals surface area contributed by atoms with E-state index < -0.39 is 77.0 Å². The first-order valence-corrected chi connectivity index (χ1v) is 27.1. The lowest BCUT2D eigenvalue weighted by Gasteiger charge is -2.42. The van der Waals surface area contributed by atoms with Crippen LogP contribution in [0.5, 0.6) is 0 Å². The molecular weight excluding hydrogens is 1100 g/mol. The van der Waals surface area contributed by atoms with Gasteiger partial charge in [0.25, 0.3) is 0 Å². The van der Waals surface area contributed by atoms with E-state index in [0.29, 0.717) is 37.1 Å². The lowest BCUT2D eigenvalue weighted by molar-refractivity contribution is -0.135. The van der Waals surface area contributed by atoms with Crippen molar-refractivity contribution in [2.45, 2.75) is 109 Å². The van der Waals surface area contributed by atoms with E-state index in [-0.39, 0.29) is 79.2 Å². The molecule has 1 unspecified atom stereocenters. The number of aliphatic hydroxyl groups excluding tert-OH is 1. The highest BCUT2D eigenvalue weighted by atomic mass is 19.2. The number of carbonyl (C=O) groups is 3. The number of rotatable bonds is 11. The summed E-state index contributed by atoms with van der Waals surface area (Å²) in [4.78, 5) is 41.1. The van der Waals surface area contributed by atoms with Crippen molar-refractivity contribution in [3.8, 4) is 0 Å². The Morgan fingerprint density at radius 2 is 1.17 bits per heavy atom. The third-order valence-corrected chi connectivity index (χ3v) is 15.4. The molecule has 0 aromatic heterocycles. The van der Waals surface area contributed by atoms with Gasteiger partial charge in [0.1, 0.15) is 46.6 Å². The van der Waals surface area contributed by atoms with E-state index in [9.17, 15) is 54.6 Å². The number of hydrazone groups is 3. The Balaban J connectivity index is 0.000000183. The van der Waals surface area contributed by atoms with E-state index >= 15 is 0 Å². The fourth-order valence-electron chi connectivity index (χ4n) is 11.1. The molecule has 4 amide bonds. The van der Waals surface area contributed by atoms with Gasteiger partial charge in [0.15, 0.2) is 0 Å². The zero-order valence-electron chi connectivity index (χ0n) is 46.7. The highest BCUT2D eigenvalue weighted by Gasteiger charge is 2.51. The van der Waals surface area contributed by atoms with Crippen LogP contribution in [0.2, 0.25) is 0 Å². The van der Waals surface area contributed by atoms with Crippen LogP contribution in [0.25, 0.3) is 0 Å². The second-order valence-electron chi connectivity index (χ2n) is 21.3. The number of hydrogen-bond donors (Lipinski definition) is 1. The molecule has 6 aromatic rings. The Morgan fingerprint density at radius 3 is 1.64 bits per heavy atom. The zero-order chi connectivity index (χ0) is 59.9. The summed E-state index contributed by atoms with van der Waals surface area (Å²) in [5.41, 5.74) is 1.93. The first-order valence-electron chi connectivity index (χ1n) is 27.1. The van der Waals surface area contributed by atoms with Crippen LogP contribution in [-0.2, 0) is 20.7 Å². The molecule has 0 aliphatic carbocycles. The maximum absolute atomic E-state index is 14.8. The lowest BCUT2D eigenvalue weighted by atomic mass is 9.79. The maximum atomic E-state index is 14.8. The van der Waals surface area contributed by atoms with Crippen LogP contribution in [0.1, 0.15) is 112 Å². The van der Waals surface area contributed by atoms with Crippen molar-refractivity contribution in [3.05, 3.63) is 213 Å². The summed E-state index contributed by atoms with van der Waals surface area (Å²) in [6.45, 7) is 6.53. The number of aliphatic hydroxyl groups is 1. The lowest BCUT2D eigenvalue weighted by Crippen LogP contribution is -2.57. The first kappa shape index (κ1) is 63.5. The number of piperidine rings is 1. The molecule has 444 valence electrons. The van der Waals surface area contributed by atoms with Crippen LogP contribution in [0.3, 0.4) is 0 Å². The molecule has 6 atom stereocenters. The predicted molar refractivity (Wildman–Crippen MR) is 307 cm³/mol. The van der Waals surface area contributed by atoms with Gasteiger partial charge in [-0.1, -0.05) is 97.9 Å². The summed E-state index contributed by atoms with van der Waals surface area (Å²) in [7, 11) is 3.33. The number of aryl methyl sites for hydroxylation is 1. The third-order valence-electron chi connectivity index (χ3n) is 15.4. The Morgan fingerprint density at radius 1 is 0.667 bits per heavy atom. The van der Waals surface area contributed by atoms with Gasteiger partial charge in [-0.25, -0.2) is 54.9 Å². The van der Waals surface area contributed by atoms with Gasteiger partial charge < -0.3 is 14.9 Å². The molecule has 0 saturated carbocycles. The summed E-state index contributed by atoms with van der Waals surface area (Å²) >= 11 is 0. The molecule has 84 heavy (non-hydrogen) atoms. The average molecular weight is 1170 g/mol. The van der Waals surface area contributed by atoms with Gasteiger partial charge >= 0.3 is 6.03 Å². The van der Waals surface area contributed by atoms with Crippen molar-refractivity contribution in [1.29, 1.82) is 0 Å². The Labute approximate surface area is 484 Å². The minimum Gasteiger partial charge on any atom is -0.393 e. The number of hydrogen-bond acceptors (Lipinski definition) is 8. The normalized spacial score (nSPS) is 21.4.